The zero-order chi connectivity index (χ0) is 13.0. The fourth-order valence-electron chi connectivity index (χ4n) is 1.16. The number of hydrogen-bond donors (Lipinski definition) is 0. The van der Waals surface area contributed by atoms with Crippen LogP contribution in [-0.2, 0) is 6.54 Å². The Morgan fingerprint density at radius 1 is 1.47 bits per heavy atom. The van der Waals surface area contributed by atoms with Crippen LogP contribution in [0.2, 0.25) is 0 Å². The van der Waals surface area contributed by atoms with Crippen LogP contribution in [0, 0.1) is 0 Å². The predicted molar refractivity (Wildman–Crippen MR) is 72.8 cm³/mol. The molecular weight excluding hydrogens is 283 g/mol. The first-order valence-corrected chi connectivity index (χ1v) is 7.09. The number of thioether (sulfide) groups is 1. The number of hydrogen-bond acceptors (Lipinski definition) is 5. The average Bonchev–Trinajstić information content (AvgIpc) is 2.30. The van der Waals surface area contributed by atoms with E-state index in [2.05, 4.69) is 9.97 Å². The molecule has 1 unspecified atom stereocenters. The van der Waals surface area contributed by atoms with Crippen LogP contribution in [0.4, 0.5) is 5.95 Å². The highest BCUT2D eigenvalue weighted by Gasteiger charge is 2.13. The van der Waals surface area contributed by atoms with E-state index in [0.29, 0.717) is 17.6 Å². The molecule has 0 fully saturated rings. The molecule has 0 aliphatic heterocycles. The van der Waals surface area contributed by atoms with E-state index in [0.717, 1.165) is 0 Å². The molecule has 1 rings (SSSR count). The Kier molecular flexibility index (Phi) is 5.55. The van der Waals surface area contributed by atoms with Gasteiger partial charge in [0.1, 0.15) is 0 Å². The van der Waals surface area contributed by atoms with E-state index in [1.165, 1.54) is 16.3 Å². The van der Waals surface area contributed by atoms with E-state index in [1.807, 2.05) is 6.26 Å². The van der Waals surface area contributed by atoms with Gasteiger partial charge in [-0.25, -0.2) is 4.79 Å². The lowest BCUT2D eigenvalue weighted by molar-refractivity contribution is 0.560. The predicted octanol–water partition coefficient (Wildman–Crippen LogP) is 1.27. The molecule has 0 saturated heterocycles. The molecule has 0 N–H and O–H groups in total. The van der Waals surface area contributed by atoms with Crippen LogP contribution in [0.15, 0.2) is 9.95 Å². The summed E-state index contributed by atoms with van der Waals surface area (Å²) >= 11 is 12.9. The van der Waals surface area contributed by atoms with Crippen LogP contribution >= 0.6 is 35.0 Å². The van der Waals surface area contributed by atoms with Gasteiger partial charge >= 0.3 is 5.69 Å². The van der Waals surface area contributed by atoms with Gasteiger partial charge in [-0.15, -0.1) is 23.2 Å². The molecular formula is C9H14Cl2N4OS. The van der Waals surface area contributed by atoms with Crippen molar-refractivity contribution in [1.82, 2.24) is 14.5 Å². The van der Waals surface area contributed by atoms with Crippen LogP contribution in [0.25, 0.3) is 0 Å². The molecule has 0 aromatic carbocycles. The van der Waals surface area contributed by atoms with Crippen LogP contribution in [0.3, 0.4) is 0 Å². The Morgan fingerprint density at radius 3 is 2.59 bits per heavy atom. The van der Waals surface area contributed by atoms with Gasteiger partial charge in [-0.1, -0.05) is 11.8 Å². The van der Waals surface area contributed by atoms with Gasteiger partial charge in [0, 0.05) is 26.5 Å². The molecule has 0 aliphatic carbocycles. The topological polar surface area (TPSA) is 51.0 Å². The number of alkyl halides is 2. The summed E-state index contributed by atoms with van der Waals surface area (Å²) < 4.78 is 1.44. The van der Waals surface area contributed by atoms with Crippen LogP contribution < -0.4 is 10.6 Å². The highest BCUT2D eigenvalue weighted by molar-refractivity contribution is 7.98. The highest BCUT2D eigenvalue weighted by atomic mass is 35.5. The van der Waals surface area contributed by atoms with Gasteiger partial charge in [0.15, 0.2) is 5.16 Å². The second kappa shape index (κ2) is 6.47. The van der Waals surface area contributed by atoms with Crippen LogP contribution in [0.5, 0.6) is 0 Å². The van der Waals surface area contributed by atoms with E-state index in [-0.39, 0.29) is 16.9 Å². The Morgan fingerprint density at radius 2 is 2.12 bits per heavy atom. The Bertz CT molecular complexity index is 437. The third-order valence-electron chi connectivity index (χ3n) is 1.98. The zero-order valence-corrected chi connectivity index (χ0v) is 12.2. The summed E-state index contributed by atoms with van der Waals surface area (Å²) in [5.41, 5.74) is -0.358. The second-order valence-electron chi connectivity index (χ2n) is 3.55. The van der Waals surface area contributed by atoms with Gasteiger partial charge in [-0.3, -0.25) is 4.57 Å². The molecule has 0 aliphatic rings. The van der Waals surface area contributed by atoms with Gasteiger partial charge in [0.25, 0.3) is 0 Å². The quantitative estimate of drug-likeness (QED) is 0.605. The molecule has 0 saturated carbocycles. The van der Waals surface area contributed by atoms with Crippen LogP contribution in [0.1, 0.15) is 0 Å². The zero-order valence-electron chi connectivity index (χ0n) is 9.85. The second-order valence-corrected chi connectivity index (χ2v) is 5.25. The maximum absolute atomic E-state index is 11.8. The first-order chi connectivity index (χ1) is 7.99. The fourth-order valence-corrected chi connectivity index (χ4v) is 1.94. The molecule has 5 nitrogen and oxygen atoms in total. The standard InChI is InChI=1S/C9H14Cl2N4OS/c1-14(2)7-12-8(16)15(5-6(11)4-10)9(13-7)17-3/h6H,4-5H2,1-3H3. The van der Waals surface area contributed by atoms with Gasteiger partial charge in [-0.2, -0.15) is 9.97 Å². The van der Waals surface area contributed by atoms with Gasteiger partial charge in [0.05, 0.1) is 5.38 Å². The van der Waals surface area contributed by atoms with Gasteiger partial charge in [0.2, 0.25) is 5.95 Å². The Balaban J connectivity index is 3.17. The third kappa shape index (κ3) is 3.76. The summed E-state index contributed by atoms with van der Waals surface area (Å²) in [6.07, 6.45) is 1.85. The molecule has 1 aromatic heterocycles. The average molecular weight is 297 g/mol. The number of anilines is 1. The number of halogens is 2. The molecule has 0 bridgehead atoms. The van der Waals surface area contributed by atoms with Crippen molar-refractivity contribution in [3.63, 3.8) is 0 Å². The third-order valence-corrected chi connectivity index (χ3v) is 3.48. The van der Waals surface area contributed by atoms with Crippen molar-refractivity contribution in [1.29, 1.82) is 0 Å². The summed E-state index contributed by atoms with van der Waals surface area (Å²) in [5, 5.41) is 0.276. The molecule has 0 radical (unpaired) electrons. The number of nitrogens with zero attached hydrogens (tertiary/aromatic N) is 4. The summed E-state index contributed by atoms with van der Waals surface area (Å²) in [5.74, 6) is 0.671. The van der Waals surface area contributed by atoms with Crippen molar-refractivity contribution in [2.45, 2.75) is 17.1 Å². The lowest BCUT2D eigenvalue weighted by Crippen LogP contribution is -2.31. The highest BCUT2D eigenvalue weighted by Crippen LogP contribution is 2.14. The molecule has 0 amide bonds. The summed E-state index contributed by atoms with van der Waals surface area (Å²) in [4.78, 5) is 21.7. The maximum Gasteiger partial charge on any atom is 0.352 e. The Hall–Kier alpha value is -0.460. The Labute approximate surface area is 114 Å². The largest absolute Gasteiger partial charge is 0.352 e. The normalized spacial score (nSPS) is 12.5. The minimum atomic E-state index is -0.358. The fraction of sp³-hybridized carbons (Fsp3) is 0.667. The first kappa shape index (κ1) is 14.6. The lowest BCUT2D eigenvalue weighted by atomic mass is 10.4. The monoisotopic (exact) mass is 296 g/mol. The molecule has 8 heteroatoms. The van der Waals surface area contributed by atoms with Crippen molar-refractivity contribution in [2.75, 3.05) is 31.1 Å². The molecule has 96 valence electrons. The summed E-state index contributed by atoms with van der Waals surface area (Å²) in [6, 6.07) is 0. The minimum Gasteiger partial charge on any atom is -0.347 e. The van der Waals surface area contributed by atoms with Gasteiger partial charge < -0.3 is 4.90 Å². The molecule has 1 heterocycles. The van der Waals surface area contributed by atoms with E-state index < -0.39 is 0 Å². The summed E-state index contributed by atoms with van der Waals surface area (Å²) in [7, 11) is 3.57. The van der Waals surface area contributed by atoms with Crippen LogP contribution in [-0.4, -0.2) is 46.1 Å². The van der Waals surface area contributed by atoms with Crippen molar-refractivity contribution >= 4 is 40.9 Å². The maximum atomic E-state index is 11.8. The SMILES string of the molecule is CSc1nc(N(C)C)nc(=O)n1CC(Cl)CCl. The van der Waals surface area contributed by atoms with Crippen molar-refractivity contribution in [3.8, 4) is 0 Å². The number of rotatable bonds is 5. The lowest BCUT2D eigenvalue weighted by Gasteiger charge is -2.15. The van der Waals surface area contributed by atoms with Crippen molar-refractivity contribution in [2.24, 2.45) is 0 Å². The number of aromatic nitrogens is 3. The first-order valence-electron chi connectivity index (χ1n) is 4.89. The van der Waals surface area contributed by atoms with E-state index >= 15 is 0 Å². The summed E-state index contributed by atoms with van der Waals surface area (Å²) in [6.45, 7) is 0.313. The molecule has 0 spiro atoms. The van der Waals surface area contributed by atoms with E-state index in [1.54, 1.807) is 19.0 Å². The van der Waals surface area contributed by atoms with Crippen molar-refractivity contribution in [3.05, 3.63) is 10.5 Å². The minimum absolute atomic E-state index is 0.275. The van der Waals surface area contributed by atoms with E-state index in [4.69, 9.17) is 23.2 Å². The van der Waals surface area contributed by atoms with Gasteiger partial charge in [-0.05, 0) is 6.26 Å². The molecule has 1 atom stereocenters. The smallest absolute Gasteiger partial charge is 0.347 e. The molecule has 1 aromatic rings. The molecule has 17 heavy (non-hydrogen) atoms. The van der Waals surface area contributed by atoms with Crippen molar-refractivity contribution < 1.29 is 0 Å². The van der Waals surface area contributed by atoms with E-state index in [9.17, 15) is 4.79 Å².